The van der Waals surface area contributed by atoms with Gasteiger partial charge in [0, 0.05) is 0 Å². The molecule has 156 valence electrons. The number of nitrogens with zero attached hydrogens (tertiary/aromatic N) is 1. The van der Waals surface area contributed by atoms with Gasteiger partial charge >= 0.3 is 0 Å². The van der Waals surface area contributed by atoms with Crippen LogP contribution in [0.25, 0.3) is 0 Å². The molecule has 0 spiro atoms. The fourth-order valence-corrected chi connectivity index (χ4v) is 4.77. The molecule has 0 radical (unpaired) electrons. The average molecular weight is 423 g/mol. The molecule has 1 amide bonds. The topological polar surface area (TPSA) is 66.5 Å². The van der Waals surface area contributed by atoms with Crippen molar-refractivity contribution in [3.63, 3.8) is 0 Å². The normalized spacial score (nSPS) is 12.2. The van der Waals surface area contributed by atoms with Crippen molar-refractivity contribution in [2.24, 2.45) is 0 Å². The van der Waals surface area contributed by atoms with E-state index in [0.717, 1.165) is 16.7 Å². The average Bonchev–Trinajstić information content (AvgIpc) is 2.75. The second-order valence-electron chi connectivity index (χ2n) is 7.24. The minimum atomic E-state index is -3.92. The van der Waals surface area contributed by atoms with Gasteiger partial charge < -0.3 is 5.32 Å². The Bertz CT molecular complexity index is 1110. The Morgan fingerprint density at radius 2 is 1.50 bits per heavy atom. The maximum atomic E-state index is 13.4. The SMILES string of the molecule is Cc1cccc(N(CC(=O)N[C@H](C)c2ccccc2)S(=O)(=O)c2ccccc2)c1C. The summed E-state index contributed by atoms with van der Waals surface area (Å²) in [7, 11) is -3.92. The van der Waals surface area contributed by atoms with Gasteiger partial charge in [0.2, 0.25) is 5.91 Å². The summed E-state index contributed by atoms with van der Waals surface area (Å²) in [6, 6.07) is 23.0. The number of sulfonamides is 1. The Morgan fingerprint density at radius 1 is 0.900 bits per heavy atom. The van der Waals surface area contributed by atoms with Crippen LogP contribution in [0.4, 0.5) is 5.69 Å². The molecular formula is C24H26N2O3S. The first-order valence-corrected chi connectivity index (χ1v) is 11.2. The number of aryl methyl sites for hydroxylation is 1. The molecule has 3 aromatic carbocycles. The summed E-state index contributed by atoms with van der Waals surface area (Å²) in [5.41, 5.74) is 3.23. The first-order chi connectivity index (χ1) is 14.3. The van der Waals surface area contributed by atoms with E-state index in [1.807, 2.05) is 57.2 Å². The zero-order chi connectivity index (χ0) is 21.7. The highest BCUT2D eigenvalue weighted by Gasteiger charge is 2.28. The third-order valence-corrected chi connectivity index (χ3v) is 6.91. The number of nitrogens with one attached hydrogen (secondary N) is 1. The van der Waals surface area contributed by atoms with E-state index in [-0.39, 0.29) is 23.4 Å². The molecule has 0 bridgehead atoms. The van der Waals surface area contributed by atoms with Gasteiger partial charge in [-0.15, -0.1) is 0 Å². The summed E-state index contributed by atoms with van der Waals surface area (Å²) in [6.45, 7) is 5.35. The van der Waals surface area contributed by atoms with Crippen molar-refractivity contribution in [3.05, 3.63) is 95.6 Å². The molecule has 0 aliphatic heterocycles. The lowest BCUT2D eigenvalue weighted by molar-refractivity contribution is -0.120. The Kier molecular flexibility index (Phi) is 6.57. The van der Waals surface area contributed by atoms with Crippen molar-refractivity contribution >= 4 is 21.6 Å². The maximum Gasteiger partial charge on any atom is 0.264 e. The quantitative estimate of drug-likeness (QED) is 0.615. The highest BCUT2D eigenvalue weighted by molar-refractivity contribution is 7.92. The van der Waals surface area contributed by atoms with Crippen molar-refractivity contribution < 1.29 is 13.2 Å². The lowest BCUT2D eigenvalue weighted by Gasteiger charge is -2.27. The van der Waals surface area contributed by atoms with Gasteiger partial charge in [0.25, 0.3) is 10.0 Å². The van der Waals surface area contributed by atoms with Gasteiger partial charge in [0.1, 0.15) is 6.54 Å². The molecule has 0 aromatic heterocycles. The molecule has 5 nitrogen and oxygen atoms in total. The van der Waals surface area contributed by atoms with Crippen molar-refractivity contribution in [1.29, 1.82) is 0 Å². The summed E-state index contributed by atoms with van der Waals surface area (Å²) < 4.78 is 28.1. The third-order valence-electron chi connectivity index (χ3n) is 5.14. The standard InChI is InChI=1S/C24H26N2O3S/c1-18-11-10-16-23(19(18)2)26(30(28,29)22-14-8-5-9-15-22)17-24(27)25-20(3)21-12-6-4-7-13-21/h4-16,20H,17H2,1-3H3,(H,25,27)/t20-/m1/s1. The summed E-state index contributed by atoms with van der Waals surface area (Å²) in [5, 5.41) is 2.91. The molecule has 1 atom stereocenters. The largest absolute Gasteiger partial charge is 0.348 e. The molecule has 0 saturated carbocycles. The molecule has 0 heterocycles. The number of amides is 1. The van der Waals surface area contributed by atoms with Gasteiger partial charge in [-0.2, -0.15) is 0 Å². The molecule has 0 fully saturated rings. The third kappa shape index (κ3) is 4.71. The number of anilines is 1. The molecule has 3 aromatic rings. The van der Waals surface area contributed by atoms with Crippen LogP contribution in [0.5, 0.6) is 0 Å². The van der Waals surface area contributed by atoms with Crippen LogP contribution in [-0.4, -0.2) is 20.9 Å². The monoisotopic (exact) mass is 422 g/mol. The van der Waals surface area contributed by atoms with Gasteiger partial charge in [-0.05, 0) is 55.7 Å². The summed E-state index contributed by atoms with van der Waals surface area (Å²) in [6.07, 6.45) is 0. The van der Waals surface area contributed by atoms with Gasteiger partial charge in [0.15, 0.2) is 0 Å². The number of carbonyl (C=O) groups excluding carboxylic acids is 1. The number of hydrogen-bond acceptors (Lipinski definition) is 3. The number of hydrogen-bond donors (Lipinski definition) is 1. The zero-order valence-corrected chi connectivity index (χ0v) is 18.2. The summed E-state index contributed by atoms with van der Waals surface area (Å²) in [4.78, 5) is 13.0. The van der Waals surface area contributed by atoms with Crippen LogP contribution in [0.1, 0.15) is 29.7 Å². The maximum absolute atomic E-state index is 13.4. The molecule has 0 aliphatic rings. The van der Waals surface area contributed by atoms with E-state index < -0.39 is 10.0 Å². The summed E-state index contributed by atoms with van der Waals surface area (Å²) in [5.74, 6) is -0.369. The van der Waals surface area contributed by atoms with E-state index in [0.29, 0.717) is 5.69 Å². The second-order valence-corrected chi connectivity index (χ2v) is 9.11. The first-order valence-electron chi connectivity index (χ1n) is 9.79. The van der Waals surface area contributed by atoms with E-state index in [1.54, 1.807) is 30.3 Å². The lowest BCUT2D eigenvalue weighted by Crippen LogP contribution is -2.42. The highest BCUT2D eigenvalue weighted by Crippen LogP contribution is 2.28. The van der Waals surface area contributed by atoms with Crippen molar-refractivity contribution in [2.75, 3.05) is 10.8 Å². The fraction of sp³-hybridized carbons (Fsp3) is 0.208. The summed E-state index contributed by atoms with van der Waals surface area (Å²) >= 11 is 0. The molecular weight excluding hydrogens is 396 g/mol. The molecule has 0 aliphatic carbocycles. The Labute approximate surface area is 178 Å². The van der Waals surface area contributed by atoms with Crippen molar-refractivity contribution in [2.45, 2.75) is 31.7 Å². The highest BCUT2D eigenvalue weighted by atomic mass is 32.2. The molecule has 6 heteroatoms. The van der Waals surface area contributed by atoms with Gasteiger partial charge in [-0.25, -0.2) is 8.42 Å². The predicted octanol–water partition coefficient (Wildman–Crippen LogP) is 4.38. The van der Waals surface area contributed by atoms with E-state index in [4.69, 9.17) is 0 Å². The first kappa shape index (κ1) is 21.6. The number of benzene rings is 3. The fourth-order valence-electron chi connectivity index (χ4n) is 3.27. The smallest absolute Gasteiger partial charge is 0.264 e. The van der Waals surface area contributed by atoms with Crippen LogP contribution >= 0.6 is 0 Å². The van der Waals surface area contributed by atoms with Crippen LogP contribution < -0.4 is 9.62 Å². The molecule has 3 rings (SSSR count). The molecule has 0 saturated heterocycles. The molecule has 1 N–H and O–H groups in total. The minimum absolute atomic E-state index is 0.148. The van der Waals surface area contributed by atoms with E-state index in [9.17, 15) is 13.2 Å². The number of rotatable bonds is 7. The van der Waals surface area contributed by atoms with E-state index in [2.05, 4.69) is 5.32 Å². The second kappa shape index (κ2) is 9.13. The van der Waals surface area contributed by atoms with Gasteiger partial charge in [-0.1, -0.05) is 60.7 Å². The lowest BCUT2D eigenvalue weighted by atomic mass is 10.1. The van der Waals surface area contributed by atoms with Crippen LogP contribution in [0.3, 0.4) is 0 Å². The van der Waals surface area contributed by atoms with Crippen LogP contribution in [0.15, 0.2) is 83.8 Å². The van der Waals surface area contributed by atoms with Crippen LogP contribution in [0, 0.1) is 13.8 Å². The Hall–Kier alpha value is -3.12. The zero-order valence-electron chi connectivity index (χ0n) is 17.4. The molecule has 30 heavy (non-hydrogen) atoms. The Morgan fingerprint density at radius 3 is 2.13 bits per heavy atom. The van der Waals surface area contributed by atoms with Crippen molar-refractivity contribution in [1.82, 2.24) is 5.32 Å². The predicted molar refractivity (Wildman–Crippen MR) is 120 cm³/mol. The van der Waals surface area contributed by atoms with E-state index >= 15 is 0 Å². The number of carbonyl (C=O) groups is 1. The van der Waals surface area contributed by atoms with E-state index in [1.165, 1.54) is 16.4 Å². The van der Waals surface area contributed by atoms with Crippen molar-refractivity contribution in [3.8, 4) is 0 Å². The van der Waals surface area contributed by atoms with Gasteiger partial charge in [0.05, 0.1) is 16.6 Å². The Balaban J connectivity index is 1.94. The molecule has 0 unspecified atom stereocenters. The van der Waals surface area contributed by atoms with Crippen LogP contribution in [0.2, 0.25) is 0 Å². The van der Waals surface area contributed by atoms with Crippen LogP contribution in [-0.2, 0) is 14.8 Å². The minimum Gasteiger partial charge on any atom is -0.348 e. The van der Waals surface area contributed by atoms with Gasteiger partial charge in [-0.3, -0.25) is 9.10 Å².